The van der Waals surface area contributed by atoms with Gasteiger partial charge in [-0.25, -0.2) is 10.8 Å². The molecule has 2 aromatic rings. The highest BCUT2D eigenvalue weighted by atomic mass is 15.3. The third-order valence-electron chi connectivity index (χ3n) is 2.83. The molecule has 0 saturated carbocycles. The van der Waals surface area contributed by atoms with Crippen molar-refractivity contribution in [2.45, 2.75) is 19.4 Å². The predicted molar refractivity (Wildman–Crippen MR) is 75.1 cm³/mol. The Hall–Kier alpha value is -2.07. The van der Waals surface area contributed by atoms with E-state index in [1.165, 1.54) is 5.56 Å². The van der Waals surface area contributed by atoms with E-state index in [0.29, 0.717) is 5.82 Å². The van der Waals surface area contributed by atoms with Crippen LogP contribution in [-0.2, 0) is 0 Å². The Labute approximate surface area is 107 Å². The quantitative estimate of drug-likeness (QED) is 0.557. The van der Waals surface area contributed by atoms with Crippen molar-refractivity contribution >= 4 is 11.6 Å². The first-order valence-corrected chi connectivity index (χ1v) is 6.08. The molecule has 1 atom stereocenters. The Balaban J connectivity index is 2.15. The summed E-state index contributed by atoms with van der Waals surface area (Å²) >= 11 is 0. The smallest absolute Gasteiger partial charge is 0.142 e. The molecule has 0 aliphatic heterocycles. The lowest BCUT2D eigenvalue weighted by molar-refractivity contribution is 0.745. The van der Waals surface area contributed by atoms with E-state index in [2.05, 4.69) is 34.8 Å². The molecule has 1 heterocycles. The summed E-state index contributed by atoms with van der Waals surface area (Å²) in [7, 11) is 0. The van der Waals surface area contributed by atoms with E-state index < -0.39 is 0 Å². The maximum atomic E-state index is 5.35. The van der Waals surface area contributed by atoms with Gasteiger partial charge < -0.3 is 10.7 Å². The molecule has 1 aromatic heterocycles. The van der Waals surface area contributed by atoms with Crippen LogP contribution < -0.4 is 16.6 Å². The Kier molecular flexibility index (Phi) is 4.15. The lowest BCUT2D eigenvalue weighted by atomic mass is 10.0. The summed E-state index contributed by atoms with van der Waals surface area (Å²) in [6, 6.07) is 16.3. The van der Waals surface area contributed by atoms with Gasteiger partial charge in [-0.3, -0.25) is 0 Å². The van der Waals surface area contributed by atoms with Crippen LogP contribution in [0.1, 0.15) is 24.9 Å². The maximum Gasteiger partial charge on any atom is 0.142 e. The molecule has 2 rings (SSSR count). The molecule has 18 heavy (non-hydrogen) atoms. The standard InChI is InChI=1S/C14H18N4/c1-2-12(11-7-4-3-5-8-11)16-13-9-6-10-14(17-13)18-15/h3-10,12H,2,15H2,1H3,(H2,16,17,18). The van der Waals surface area contributed by atoms with Crippen molar-refractivity contribution in [3.8, 4) is 0 Å². The first-order chi connectivity index (χ1) is 8.83. The second-order valence-electron chi connectivity index (χ2n) is 4.07. The topological polar surface area (TPSA) is 63.0 Å². The van der Waals surface area contributed by atoms with Crippen molar-refractivity contribution in [1.82, 2.24) is 4.98 Å². The number of nitrogens with zero attached hydrogens (tertiary/aromatic N) is 1. The first kappa shape index (κ1) is 12.4. The molecule has 1 unspecified atom stereocenters. The molecule has 0 bridgehead atoms. The van der Waals surface area contributed by atoms with Crippen molar-refractivity contribution in [3.05, 3.63) is 54.1 Å². The number of pyridine rings is 1. The molecule has 1 aromatic carbocycles. The Bertz CT molecular complexity index is 484. The fourth-order valence-electron chi connectivity index (χ4n) is 1.88. The van der Waals surface area contributed by atoms with Gasteiger partial charge in [-0.05, 0) is 24.1 Å². The number of benzene rings is 1. The summed E-state index contributed by atoms with van der Waals surface area (Å²) in [6.45, 7) is 2.15. The number of nitrogens with two attached hydrogens (primary N) is 1. The summed E-state index contributed by atoms with van der Waals surface area (Å²) in [4.78, 5) is 4.36. The van der Waals surface area contributed by atoms with Crippen molar-refractivity contribution in [1.29, 1.82) is 0 Å². The number of rotatable bonds is 5. The minimum absolute atomic E-state index is 0.256. The zero-order chi connectivity index (χ0) is 12.8. The number of hydrazine groups is 1. The molecule has 94 valence electrons. The molecule has 0 aliphatic carbocycles. The Morgan fingerprint density at radius 1 is 1.06 bits per heavy atom. The summed E-state index contributed by atoms with van der Waals surface area (Å²) in [6.07, 6.45) is 0.992. The van der Waals surface area contributed by atoms with Crippen molar-refractivity contribution in [2.75, 3.05) is 10.7 Å². The van der Waals surface area contributed by atoms with Crippen molar-refractivity contribution < 1.29 is 0 Å². The fraction of sp³-hybridized carbons (Fsp3) is 0.214. The molecule has 0 radical (unpaired) electrons. The Morgan fingerprint density at radius 2 is 1.78 bits per heavy atom. The number of anilines is 2. The van der Waals surface area contributed by atoms with Gasteiger partial charge in [0, 0.05) is 0 Å². The van der Waals surface area contributed by atoms with Gasteiger partial charge in [0.15, 0.2) is 0 Å². The van der Waals surface area contributed by atoms with Crippen LogP contribution in [0.25, 0.3) is 0 Å². The Morgan fingerprint density at radius 3 is 2.44 bits per heavy atom. The zero-order valence-electron chi connectivity index (χ0n) is 10.4. The average molecular weight is 242 g/mol. The van der Waals surface area contributed by atoms with Crippen molar-refractivity contribution in [2.24, 2.45) is 5.84 Å². The molecule has 0 spiro atoms. The largest absolute Gasteiger partial charge is 0.363 e. The second kappa shape index (κ2) is 6.02. The number of nitrogen functional groups attached to an aromatic ring is 1. The van der Waals surface area contributed by atoms with Crippen LogP contribution in [-0.4, -0.2) is 4.98 Å². The highest BCUT2D eigenvalue weighted by Crippen LogP contribution is 2.21. The third kappa shape index (κ3) is 2.99. The van der Waals surface area contributed by atoms with E-state index in [-0.39, 0.29) is 6.04 Å². The van der Waals surface area contributed by atoms with Gasteiger partial charge in [-0.15, -0.1) is 0 Å². The second-order valence-corrected chi connectivity index (χ2v) is 4.07. The van der Waals surface area contributed by atoms with Crippen molar-refractivity contribution in [3.63, 3.8) is 0 Å². The van der Waals surface area contributed by atoms with Gasteiger partial charge >= 0.3 is 0 Å². The monoisotopic (exact) mass is 242 g/mol. The predicted octanol–water partition coefficient (Wildman–Crippen LogP) is 2.93. The van der Waals surface area contributed by atoms with E-state index in [0.717, 1.165) is 12.2 Å². The summed E-state index contributed by atoms with van der Waals surface area (Å²) in [5.74, 6) is 6.83. The fourth-order valence-corrected chi connectivity index (χ4v) is 1.88. The van der Waals surface area contributed by atoms with Gasteiger partial charge in [0.2, 0.25) is 0 Å². The lowest BCUT2D eigenvalue weighted by Crippen LogP contribution is -2.13. The van der Waals surface area contributed by atoms with Crippen LogP contribution in [0.15, 0.2) is 48.5 Å². The highest BCUT2D eigenvalue weighted by Gasteiger charge is 2.09. The lowest BCUT2D eigenvalue weighted by Gasteiger charge is -2.18. The maximum absolute atomic E-state index is 5.35. The van der Waals surface area contributed by atoms with E-state index >= 15 is 0 Å². The van der Waals surface area contributed by atoms with E-state index in [1.54, 1.807) is 0 Å². The molecule has 4 N–H and O–H groups in total. The molecular formula is C14H18N4. The minimum atomic E-state index is 0.256. The van der Waals surface area contributed by atoms with Crippen LogP contribution in [0.5, 0.6) is 0 Å². The normalized spacial score (nSPS) is 11.9. The number of nitrogens with one attached hydrogen (secondary N) is 2. The van der Waals surface area contributed by atoms with E-state index in [9.17, 15) is 0 Å². The third-order valence-corrected chi connectivity index (χ3v) is 2.83. The van der Waals surface area contributed by atoms with Gasteiger partial charge in [-0.2, -0.15) is 0 Å². The minimum Gasteiger partial charge on any atom is -0.363 e. The average Bonchev–Trinajstić information content (AvgIpc) is 2.46. The van der Waals surface area contributed by atoms with Gasteiger partial charge in [0.25, 0.3) is 0 Å². The molecule has 0 fully saturated rings. The number of hydrogen-bond donors (Lipinski definition) is 3. The van der Waals surface area contributed by atoms with Crippen LogP contribution in [0.3, 0.4) is 0 Å². The molecule has 0 aliphatic rings. The molecular weight excluding hydrogens is 224 g/mol. The SMILES string of the molecule is CCC(Nc1cccc(NN)n1)c1ccccc1. The van der Waals surface area contributed by atoms with E-state index in [4.69, 9.17) is 5.84 Å². The molecule has 4 nitrogen and oxygen atoms in total. The van der Waals surface area contributed by atoms with Gasteiger partial charge in [0.1, 0.15) is 11.6 Å². The summed E-state index contributed by atoms with van der Waals surface area (Å²) in [5, 5.41) is 3.41. The summed E-state index contributed by atoms with van der Waals surface area (Å²) in [5.41, 5.74) is 3.80. The van der Waals surface area contributed by atoms with Gasteiger partial charge in [-0.1, -0.05) is 43.3 Å². The highest BCUT2D eigenvalue weighted by molar-refractivity contribution is 5.45. The number of hydrogen-bond acceptors (Lipinski definition) is 4. The first-order valence-electron chi connectivity index (χ1n) is 6.08. The van der Waals surface area contributed by atoms with Gasteiger partial charge in [0.05, 0.1) is 6.04 Å². The molecule has 4 heteroatoms. The van der Waals surface area contributed by atoms with E-state index in [1.807, 2.05) is 36.4 Å². The zero-order valence-corrected chi connectivity index (χ0v) is 10.4. The molecule has 0 amide bonds. The number of aromatic nitrogens is 1. The van der Waals surface area contributed by atoms with Crippen LogP contribution in [0, 0.1) is 0 Å². The van der Waals surface area contributed by atoms with Crippen LogP contribution in [0.4, 0.5) is 11.6 Å². The van der Waals surface area contributed by atoms with Crippen LogP contribution in [0.2, 0.25) is 0 Å². The molecule has 0 saturated heterocycles. The summed E-state index contributed by atoms with van der Waals surface area (Å²) < 4.78 is 0. The van der Waals surface area contributed by atoms with Crippen LogP contribution >= 0.6 is 0 Å².